The van der Waals surface area contributed by atoms with E-state index in [0.717, 1.165) is 0 Å². The lowest BCUT2D eigenvalue weighted by molar-refractivity contribution is -0.124. The van der Waals surface area contributed by atoms with Gasteiger partial charge in [-0.25, -0.2) is 0 Å². The second-order valence-corrected chi connectivity index (χ2v) is 5.69. The van der Waals surface area contributed by atoms with Crippen molar-refractivity contribution in [3.63, 3.8) is 0 Å². The maximum Gasteiger partial charge on any atom is 0.169 e. The Morgan fingerprint density at radius 3 is 2.42 bits per heavy atom. The van der Waals surface area contributed by atoms with Gasteiger partial charge in [-0.1, -0.05) is 24.8 Å². The molecule has 0 saturated heterocycles. The van der Waals surface area contributed by atoms with Crippen LogP contribution in [0.3, 0.4) is 0 Å². The summed E-state index contributed by atoms with van der Waals surface area (Å²) in [6.45, 7) is 5.19. The second-order valence-electron chi connectivity index (χ2n) is 5.69. The lowest BCUT2D eigenvalue weighted by atomic mass is 10.0. The van der Waals surface area contributed by atoms with Gasteiger partial charge >= 0.3 is 0 Å². The minimum Gasteiger partial charge on any atom is -0.506 e. The second kappa shape index (κ2) is 6.25. The van der Waals surface area contributed by atoms with Crippen molar-refractivity contribution in [1.82, 2.24) is 15.0 Å². The van der Waals surface area contributed by atoms with Crippen LogP contribution in [0.4, 0.5) is 0 Å². The average Bonchev–Trinajstić information content (AvgIpc) is 2.99. The average molecular weight is 323 g/mol. The van der Waals surface area contributed by atoms with Gasteiger partial charge in [-0.15, -0.1) is 15.0 Å². The third-order valence-corrected chi connectivity index (χ3v) is 3.69. The van der Waals surface area contributed by atoms with Crippen molar-refractivity contribution in [3.05, 3.63) is 60.2 Å². The molecule has 0 aliphatic heterocycles. The van der Waals surface area contributed by atoms with E-state index >= 15 is 0 Å². The number of carbonyl (C=O) groups excluding carboxylic acids is 1. The minimum atomic E-state index is -1.19. The van der Waals surface area contributed by atoms with Gasteiger partial charge in [-0.3, -0.25) is 4.79 Å². The van der Waals surface area contributed by atoms with Crippen LogP contribution >= 0.6 is 0 Å². The molecule has 0 fully saturated rings. The molecule has 122 valence electrons. The zero-order valence-electron chi connectivity index (χ0n) is 13.2. The predicted molar refractivity (Wildman–Crippen MR) is 90.1 cm³/mol. The van der Waals surface area contributed by atoms with Crippen molar-refractivity contribution in [1.29, 1.82) is 0 Å². The first-order valence-corrected chi connectivity index (χ1v) is 7.46. The van der Waals surface area contributed by atoms with Gasteiger partial charge in [-0.05, 0) is 42.3 Å². The number of carbonyl (C=O) groups is 1. The van der Waals surface area contributed by atoms with Crippen molar-refractivity contribution in [2.75, 3.05) is 0 Å². The number of aromatic nitrogens is 3. The zero-order chi connectivity index (χ0) is 17.3. The predicted octanol–water partition coefficient (Wildman–Crippen LogP) is 2.17. The number of hydrogen-bond acceptors (Lipinski definition) is 5. The Hall–Kier alpha value is -2.99. The summed E-state index contributed by atoms with van der Waals surface area (Å²) in [6.07, 6.45) is -1.16. The number of nitrogens with zero attached hydrogens (tertiary/aromatic N) is 3. The molecule has 1 aromatic heterocycles. The fraction of sp³-hybridized carbons (Fsp3) is 0.167. The summed E-state index contributed by atoms with van der Waals surface area (Å²) in [5.74, 6) is -0.343. The molecule has 0 aliphatic carbocycles. The van der Waals surface area contributed by atoms with Gasteiger partial charge in [0.05, 0.1) is 0 Å². The van der Waals surface area contributed by atoms with E-state index in [-0.39, 0.29) is 18.0 Å². The molecule has 0 amide bonds. The minimum absolute atomic E-state index is 0.00644. The van der Waals surface area contributed by atoms with E-state index in [4.69, 9.17) is 0 Å². The fourth-order valence-corrected chi connectivity index (χ4v) is 2.38. The van der Waals surface area contributed by atoms with E-state index in [1.807, 2.05) is 24.3 Å². The maximum atomic E-state index is 12.0. The monoisotopic (exact) mass is 323 g/mol. The lowest BCUT2D eigenvalue weighted by Crippen LogP contribution is -2.23. The Morgan fingerprint density at radius 1 is 1.21 bits per heavy atom. The van der Waals surface area contributed by atoms with Gasteiger partial charge in [0.15, 0.2) is 5.78 Å². The Bertz CT molecular complexity index is 897. The van der Waals surface area contributed by atoms with E-state index in [1.54, 1.807) is 19.1 Å². The molecule has 3 aromatic rings. The summed E-state index contributed by atoms with van der Waals surface area (Å²) in [7, 11) is 0. The molecule has 24 heavy (non-hydrogen) atoms. The number of benzene rings is 2. The van der Waals surface area contributed by atoms with Gasteiger partial charge in [-0.2, -0.15) is 0 Å². The normalized spacial score (nSPS) is 12.2. The molecule has 1 atom stereocenters. The first-order chi connectivity index (χ1) is 11.5. The molecule has 2 aromatic carbocycles. The molecule has 2 N–H and O–H groups in total. The largest absolute Gasteiger partial charge is 0.506 e. The van der Waals surface area contributed by atoms with Crippen molar-refractivity contribution in [3.8, 4) is 11.4 Å². The molecular formula is C18H17N3O3. The standard InChI is InChI=1S/C18H17N3O3/c1-11(2)18(24)17(23)10-12-7-8-16(22)15(9-12)21-19-13-5-3-4-6-14(13)20-21/h3-9,18,22,24H,1,10H2,2H3. The zero-order valence-corrected chi connectivity index (χ0v) is 13.2. The first-order valence-electron chi connectivity index (χ1n) is 7.46. The lowest BCUT2D eigenvalue weighted by Gasteiger charge is -2.10. The number of hydrogen-bond donors (Lipinski definition) is 2. The summed E-state index contributed by atoms with van der Waals surface area (Å²) >= 11 is 0. The van der Waals surface area contributed by atoms with Crippen LogP contribution in [-0.2, 0) is 11.2 Å². The molecule has 6 heteroatoms. The highest BCUT2D eigenvalue weighted by atomic mass is 16.3. The Balaban J connectivity index is 1.94. The summed E-state index contributed by atoms with van der Waals surface area (Å²) in [4.78, 5) is 13.4. The number of aromatic hydroxyl groups is 1. The maximum absolute atomic E-state index is 12.0. The molecular weight excluding hydrogens is 306 g/mol. The van der Waals surface area contributed by atoms with Crippen LogP contribution in [0.15, 0.2) is 54.6 Å². The van der Waals surface area contributed by atoms with Crippen LogP contribution in [0.25, 0.3) is 16.7 Å². The molecule has 6 nitrogen and oxygen atoms in total. The summed E-state index contributed by atoms with van der Waals surface area (Å²) < 4.78 is 0. The van der Waals surface area contributed by atoms with Gasteiger partial charge in [0.1, 0.15) is 28.6 Å². The summed E-state index contributed by atoms with van der Waals surface area (Å²) in [6, 6.07) is 12.1. The highest BCUT2D eigenvalue weighted by Gasteiger charge is 2.17. The number of phenolic OH excluding ortho intramolecular Hbond substituents is 1. The number of aliphatic hydroxyl groups is 1. The van der Waals surface area contributed by atoms with Crippen LogP contribution in [-0.4, -0.2) is 37.1 Å². The number of aliphatic hydroxyl groups excluding tert-OH is 1. The summed E-state index contributed by atoms with van der Waals surface area (Å²) in [5, 5.41) is 28.5. The molecule has 0 spiro atoms. The molecule has 0 bridgehead atoms. The van der Waals surface area contributed by atoms with Crippen molar-refractivity contribution < 1.29 is 15.0 Å². The smallest absolute Gasteiger partial charge is 0.169 e. The van der Waals surface area contributed by atoms with Crippen molar-refractivity contribution in [2.24, 2.45) is 0 Å². The van der Waals surface area contributed by atoms with Gasteiger partial charge in [0, 0.05) is 6.42 Å². The third-order valence-electron chi connectivity index (χ3n) is 3.69. The van der Waals surface area contributed by atoms with Gasteiger partial charge in [0.25, 0.3) is 0 Å². The quantitative estimate of drug-likeness (QED) is 0.703. The topological polar surface area (TPSA) is 88.2 Å². The third kappa shape index (κ3) is 3.04. The van der Waals surface area contributed by atoms with E-state index in [1.165, 1.54) is 10.9 Å². The highest BCUT2D eigenvalue weighted by molar-refractivity contribution is 5.87. The Kier molecular flexibility index (Phi) is 4.14. The van der Waals surface area contributed by atoms with Crippen molar-refractivity contribution >= 4 is 16.8 Å². The molecule has 0 aliphatic rings. The molecule has 3 rings (SSSR count). The van der Waals surface area contributed by atoms with Gasteiger partial charge < -0.3 is 10.2 Å². The number of Topliss-reactive ketones (excluding diaryl/α,β-unsaturated/α-hetero) is 1. The number of phenols is 1. The van der Waals surface area contributed by atoms with Gasteiger partial charge in [0.2, 0.25) is 0 Å². The van der Waals surface area contributed by atoms with E-state index < -0.39 is 6.10 Å². The van der Waals surface area contributed by atoms with Crippen LogP contribution < -0.4 is 0 Å². The van der Waals surface area contributed by atoms with Crippen LogP contribution in [0.1, 0.15) is 12.5 Å². The van der Waals surface area contributed by atoms with E-state index in [0.29, 0.717) is 27.9 Å². The fourth-order valence-electron chi connectivity index (χ4n) is 2.38. The van der Waals surface area contributed by atoms with Crippen LogP contribution in [0.5, 0.6) is 5.75 Å². The number of rotatable bonds is 5. The Morgan fingerprint density at radius 2 is 1.83 bits per heavy atom. The summed E-state index contributed by atoms with van der Waals surface area (Å²) in [5.41, 5.74) is 2.84. The SMILES string of the molecule is C=C(C)C(O)C(=O)Cc1ccc(O)c(-n2nc3ccccc3n2)c1. The molecule has 1 unspecified atom stereocenters. The van der Waals surface area contributed by atoms with E-state index in [9.17, 15) is 15.0 Å². The Labute approximate surface area is 138 Å². The van der Waals surface area contributed by atoms with Crippen molar-refractivity contribution in [2.45, 2.75) is 19.4 Å². The first kappa shape index (κ1) is 15.9. The van der Waals surface area contributed by atoms with E-state index in [2.05, 4.69) is 16.8 Å². The van der Waals surface area contributed by atoms with Crippen LogP contribution in [0.2, 0.25) is 0 Å². The van der Waals surface area contributed by atoms with Crippen LogP contribution in [0, 0.1) is 0 Å². The number of ketones is 1. The molecule has 0 radical (unpaired) electrons. The molecule has 0 saturated carbocycles. The molecule has 1 heterocycles. The highest BCUT2D eigenvalue weighted by Crippen LogP contribution is 2.23. The number of fused-ring (bicyclic) bond motifs is 1.